The lowest BCUT2D eigenvalue weighted by atomic mass is 10.0. The van der Waals surface area contributed by atoms with Crippen LogP contribution >= 0.6 is 0 Å². The van der Waals surface area contributed by atoms with Crippen molar-refractivity contribution in [3.05, 3.63) is 84.2 Å². The van der Waals surface area contributed by atoms with Crippen LogP contribution in [-0.2, 0) is 6.42 Å². The number of pyridine rings is 1. The predicted molar refractivity (Wildman–Crippen MR) is 106 cm³/mol. The van der Waals surface area contributed by atoms with Crippen LogP contribution in [0, 0.1) is 0 Å². The van der Waals surface area contributed by atoms with Gasteiger partial charge in [-0.15, -0.1) is 0 Å². The van der Waals surface area contributed by atoms with E-state index in [4.69, 9.17) is 4.74 Å². The zero-order valence-electron chi connectivity index (χ0n) is 15.3. The van der Waals surface area contributed by atoms with Gasteiger partial charge >= 0.3 is 0 Å². The second-order valence-corrected chi connectivity index (χ2v) is 6.50. The van der Waals surface area contributed by atoms with Crippen molar-refractivity contribution in [1.82, 2.24) is 4.98 Å². The SMILES string of the molecule is CC(=O)c1cc(-c2ccccc2)ccc1OCC(O)CCc1cccnc1. The van der Waals surface area contributed by atoms with Crippen molar-refractivity contribution in [2.24, 2.45) is 0 Å². The number of aryl methyl sites for hydroxylation is 1. The number of aromatic nitrogens is 1. The van der Waals surface area contributed by atoms with Gasteiger partial charge in [0, 0.05) is 12.4 Å². The molecular formula is C23H23NO3. The summed E-state index contributed by atoms with van der Waals surface area (Å²) in [6.07, 6.45) is 4.21. The van der Waals surface area contributed by atoms with Crippen molar-refractivity contribution >= 4 is 5.78 Å². The summed E-state index contributed by atoms with van der Waals surface area (Å²) >= 11 is 0. The molecule has 1 heterocycles. The fraction of sp³-hybridized carbons (Fsp3) is 0.217. The Bertz CT molecular complexity index is 879. The van der Waals surface area contributed by atoms with Crippen molar-refractivity contribution in [3.63, 3.8) is 0 Å². The number of carbonyl (C=O) groups is 1. The van der Waals surface area contributed by atoms with Crippen molar-refractivity contribution < 1.29 is 14.6 Å². The number of aliphatic hydroxyl groups excluding tert-OH is 1. The van der Waals surface area contributed by atoms with Crippen LogP contribution < -0.4 is 4.74 Å². The third kappa shape index (κ3) is 5.25. The van der Waals surface area contributed by atoms with Gasteiger partial charge in [-0.2, -0.15) is 0 Å². The highest BCUT2D eigenvalue weighted by Gasteiger charge is 2.13. The Hall–Kier alpha value is -2.98. The largest absolute Gasteiger partial charge is 0.490 e. The average Bonchev–Trinajstić information content (AvgIpc) is 2.72. The molecule has 0 radical (unpaired) electrons. The fourth-order valence-corrected chi connectivity index (χ4v) is 2.89. The summed E-state index contributed by atoms with van der Waals surface area (Å²) in [6, 6.07) is 19.3. The first-order valence-corrected chi connectivity index (χ1v) is 9.03. The van der Waals surface area contributed by atoms with Gasteiger partial charge in [0.15, 0.2) is 5.78 Å². The monoisotopic (exact) mass is 361 g/mol. The van der Waals surface area contributed by atoms with Crippen LogP contribution in [0.25, 0.3) is 11.1 Å². The number of carbonyl (C=O) groups excluding carboxylic acids is 1. The Morgan fingerprint density at radius 3 is 2.59 bits per heavy atom. The summed E-state index contributed by atoms with van der Waals surface area (Å²) in [5.74, 6) is 0.440. The third-order valence-electron chi connectivity index (χ3n) is 4.39. The lowest BCUT2D eigenvalue weighted by Crippen LogP contribution is -2.19. The number of rotatable bonds is 8. The Morgan fingerprint density at radius 1 is 1.07 bits per heavy atom. The minimum atomic E-state index is -0.612. The molecule has 0 amide bonds. The van der Waals surface area contributed by atoms with Gasteiger partial charge in [-0.3, -0.25) is 9.78 Å². The maximum absolute atomic E-state index is 12.1. The molecule has 0 bridgehead atoms. The molecule has 1 atom stereocenters. The van der Waals surface area contributed by atoms with Crippen molar-refractivity contribution in [3.8, 4) is 16.9 Å². The number of benzene rings is 2. The summed E-state index contributed by atoms with van der Waals surface area (Å²) in [5.41, 5.74) is 3.61. The molecule has 3 aromatic rings. The Morgan fingerprint density at radius 2 is 1.89 bits per heavy atom. The smallest absolute Gasteiger partial charge is 0.163 e. The molecule has 0 aliphatic carbocycles. The zero-order valence-corrected chi connectivity index (χ0v) is 15.3. The molecule has 3 rings (SSSR count). The standard InChI is InChI=1S/C23H23NO3/c1-17(25)22-14-20(19-7-3-2-4-8-19)10-12-23(22)27-16-21(26)11-9-18-6-5-13-24-15-18/h2-8,10,12-15,21,26H,9,11,16H2,1H3. The number of Topliss-reactive ketones (excluding diaryl/α,β-unsaturated/α-hetero) is 1. The molecule has 1 aromatic heterocycles. The molecule has 1 N–H and O–H groups in total. The number of hydrogen-bond acceptors (Lipinski definition) is 4. The van der Waals surface area contributed by atoms with Crippen LogP contribution in [0.5, 0.6) is 5.75 Å². The van der Waals surface area contributed by atoms with Gasteiger partial charge in [0.2, 0.25) is 0 Å². The van der Waals surface area contributed by atoms with E-state index in [1.807, 2.05) is 54.6 Å². The number of hydrogen-bond donors (Lipinski definition) is 1. The Kier molecular flexibility index (Phi) is 6.34. The van der Waals surface area contributed by atoms with E-state index < -0.39 is 6.10 Å². The maximum atomic E-state index is 12.1. The quantitative estimate of drug-likeness (QED) is 0.607. The molecule has 0 fully saturated rings. The first kappa shape index (κ1) is 18.8. The molecule has 0 saturated heterocycles. The molecule has 1 unspecified atom stereocenters. The Balaban J connectivity index is 1.64. The number of aliphatic hydroxyl groups is 1. The van der Waals surface area contributed by atoms with Gasteiger partial charge < -0.3 is 9.84 Å². The summed E-state index contributed by atoms with van der Waals surface area (Å²) in [7, 11) is 0. The normalized spacial score (nSPS) is 11.8. The molecule has 2 aromatic carbocycles. The van der Waals surface area contributed by atoms with Crippen LogP contribution in [-0.4, -0.2) is 28.6 Å². The lowest BCUT2D eigenvalue weighted by molar-refractivity contribution is 0.0949. The summed E-state index contributed by atoms with van der Waals surface area (Å²) in [4.78, 5) is 16.1. The van der Waals surface area contributed by atoms with E-state index in [2.05, 4.69) is 4.98 Å². The zero-order chi connectivity index (χ0) is 19.1. The first-order chi connectivity index (χ1) is 13.1. The predicted octanol–water partition coefficient (Wildman–Crippen LogP) is 4.32. The number of nitrogens with zero attached hydrogens (tertiary/aromatic N) is 1. The highest BCUT2D eigenvalue weighted by atomic mass is 16.5. The van der Waals surface area contributed by atoms with E-state index in [0.717, 1.165) is 23.1 Å². The van der Waals surface area contributed by atoms with Gasteiger partial charge in [-0.25, -0.2) is 0 Å². The van der Waals surface area contributed by atoms with Crippen molar-refractivity contribution in [2.75, 3.05) is 6.61 Å². The minimum Gasteiger partial charge on any atom is -0.490 e. The maximum Gasteiger partial charge on any atom is 0.163 e. The molecule has 0 spiro atoms. The van der Waals surface area contributed by atoms with Gasteiger partial charge in [-0.05, 0) is 54.7 Å². The van der Waals surface area contributed by atoms with Gasteiger partial charge in [0.05, 0.1) is 11.7 Å². The highest BCUT2D eigenvalue weighted by Crippen LogP contribution is 2.27. The molecule has 138 valence electrons. The second-order valence-electron chi connectivity index (χ2n) is 6.50. The number of ketones is 1. The molecule has 4 heteroatoms. The van der Waals surface area contributed by atoms with E-state index >= 15 is 0 Å². The molecule has 27 heavy (non-hydrogen) atoms. The molecule has 0 aliphatic heterocycles. The lowest BCUT2D eigenvalue weighted by Gasteiger charge is -2.15. The third-order valence-corrected chi connectivity index (χ3v) is 4.39. The van der Waals surface area contributed by atoms with E-state index in [0.29, 0.717) is 17.7 Å². The number of ether oxygens (including phenoxy) is 1. The minimum absolute atomic E-state index is 0.0624. The van der Waals surface area contributed by atoms with Crippen LogP contribution in [0.2, 0.25) is 0 Å². The second kappa shape index (κ2) is 9.10. The van der Waals surface area contributed by atoms with E-state index in [1.54, 1.807) is 18.5 Å². The fourth-order valence-electron chi connectivity index (χ4n) is 2.89. The highest BCUT2D eigenvalue weighted by molar-refractivity contribution is 5.98. The summed E-state index contributed by atoms with van der Waals surface area (Å²) in [5, 5.41) is 10.2. The first-order valence-electron chi connectivity index (χ1n) is 9.03. The molecule has 0 saturated carbocycles. The van der Waals surface area contributed by atoms with Crippen molar-refractivity contribution in [2.45, 2.75) is 25.9 Å². The van der Waals surface area contributed by atoms with Gasteiger partial charge in [0.25, 0.3) is 0 Å². The van der Waals surface area contributed by atoms with E-state index in [1.165, 1.54) is 6.92 Å². The van der Waals surface area contributed by atoms with Crippen LogP contribution in [0.15, 0.2) is 73.1 Å². The van der Waals surface area contributed by atoms with E-state index in [-0.39, 0.29) is 12.4 Å². The summed E-state index contributed by atoms with van der Waals surface area (Å²) < 4.78 is 5.75. The van der Waals surface area contributed by atoms with E-state index in [9.17, 15) is 9.90 Å². The molecule has 0 aliphatic rings. The van der Waals surface area contributed by atoms with Crippen LogP contribution in [0.3, 0.4) is 0 Å². The van der Waals surface area contributed by atoms with Crippen LogP contribution in [0.1, 0.15) is 29.3 Å². The Labute approximate surface area is 159 Å². The van der Waals surface area contributed by atoms with Gasteiger partial charge in [0.1, 0.15) is 12.4 Å². The van der Waals surface area contributed by atoms with Crippen LogP contribution in [0.4, 0.5) is 0 Å². The average molecular weight is 361 g/mol. The molecule has 4 nitrogen and oxygen atoms in total. The van der Waals surface area contributed by atoms with Crippen molar-refractivity contribution in [1.29, 1.82) is 0 Å². The van der Waals surface area contributed by atoms with Gasteiger partial charge in [-0.1, -0.05) is 42.5 Å². The summed E-state index contributed by atoms with van der Waals surface area (Å²) in [6.45, 7) is 1.67. The topological polar surface area (TPSA) is 59.4 Å². The molecular weight excluding hydrogens is 338 g/mol.